The summed E-state index contributed by atoms with van der Waals surface area (Å²) in [6, 6.07) is 0.452. The normalized spacial score (nSPS) is 13.4. The minimum Gasteiger partial charge on any atom is -0.348 e. The Morgan fingerprint density at radius 2 is 2.06 bits per heavy atom. The standard InChI is InChI=1S/C14H24N2OS/c1-7-8-10(2)16(6)13-15-12(14(3,4)5)11(9-17)18-13/h9-10H,7-8H2,1-6H3. The Balaban J connectivity index is 3.05. The van der Waals surface area contributed by atoms with Gasteiger partial charge >= 0.3 is 0 Å². The third kappa shape index (κ3) is 3.31. The molecule has 102 valence electrons. The second-order valence-corrected chi connectivity index (χ2v) is 6.83. The molecule has 0 aliphatic rings. The first-order valence-corrected chi connectivity index (χ1v) is 7.32. The third-order valence-electron chi connectivity index (χ3n) is 3.13. The van der Waals surface area contributed by atoms with Crippen molar-refractivity contribution < 1.29 is 4.79 Å². The first-order valence-electron chi connectivity index (χ1n) is 6.50. The number of rotatable bonds is 5. The summed E-state index contributed by atoms with van der Waals surface area (Å²) in [5.74, 6) is 0. The van der Waals surface area contributed by atoms with Crippen molar-refractivity contribution in [1.82, 2.24) is 4.98 Å². The minimum absolute atomic E-state index is 0.0835. The van der Waals surface area contributed by atoms with Gasteiger partial charge in [0.2, 0.25) is 0 Å². The molecule has 0 saturated carbocycles. The molecule has 0 saturated heterocycles. The summed E-state index contributed by atoms with van der Waals surface area (Å²) in [5, 5.41) is 0.947. The number of hydrogen-bond donors (Lipinski definition) is 0. The predicted molar refractivity (Wildman–Crippen MR) is 79.0 cm³/mol. The maximum atomic E-state index is 11.2. The first-order chi connectivity index (χ1) is 8.31. The molecule has 1 heterocycles. The van der Waals surface area contributed by atoms with E-state index in [4.69, 9.17) is 0 Å². The van der Waals surface area contributed by atoms with Crippen LogP contribution in [-0.4, -0.2) is 24.4 Å². The van der Waals surface area contributed by atoms with Crippen molar-refractivity contribution in [3.63, 3.8) is 0 Å². The SMILES string of the molecule is CCCC(C)N(C)c1nc(C(C)(C)C)c(C=O)s1. The van der Waals surface area contributed by atoms with Crippen LogP contribution in [0.2, 0.25) is 0 Å². The maximum Gasteiger partial charge on any atom is 0.186 e. The molecule has 0 amide bonds. The number of aromatic nitrogens is 1. The van der Waals surface area contributed by atoms with Gasteiger partial charge in [0, 0.05) is 18.5 Å². The summed E-state index contributed by atoms with van der Waals surface area (Å²) >= 11 is 1.50. The molecule has 0 spiro atoms. The molecule has 0 N–H and O–H groups in total. The molecular formula is C14H24N2OS. The number of thiazole rings is 1. The van der Waals surface area contributed by atoms with Crippen LogP contribution in [0.5, 0.6) is 0 Å². The van der Waals surface area contributed by atoms with Gasteiger partial charge in [-0.1, -0.05) is 45.5 Å². The highest BCUT2D eigenvalue weighted by Gasteiger charge is 2.25. The molecule has 1 aromatic rings. The molecule has 4 heteroatoms. The average Bonchev–Trinajstić information content (AvgIpc) is 2.71. The fraction of sp³-hybridized carbons (Fsp3) is 0.714. The molecular weight excluding hydrogens is 244 g/mol. The lowest BCUT2D eigenvalue weighted by Crippen LogP contribution is -2.28. The number of carbonyl (C=O) groups is 1. The van der Waals surface area contributed by atoms with E-state index in [2.05, 4.69) is 51.6 Å². The van der Waals surface area contributed by atoms with E-state index in [1.165, 1.54) is 11.3 Å². The third-order valence-corrected chi connectivity index (χ3v) is 4.20. The predicted octanol–water partition coefficient (Wildman–Crippen LogP) is 3.88. The number of carbonyl (C=O) groups excluding carboxylic acids is 1. The molecule has 0 bridgehead atoms. The highest BCUT2D eigenvalue weighted by Crippen LogP contribution is 2.33. The lowest BCUT2D eigenvalue weighted by molar-refractivity contribution is 0.112. The Morgan fingerprint density at radius 1 is 1.44 bits per heavy atom. The first kappa shape index (κ1) is 15.2. The molecule has 1 atom stereocenters. The largest absolute Gasteiger partial charge is 0.348 e. The quantitative estimate of drug-likeness (QED) is 0.760. The van der Waals surface area contributed by atoms with Crippen LogP contribution < -0.4 is 4.90 Å². The maximum absolute atomic E-state index is 11.2. The minimum atomic E-state index is -0.0835. The van der Waals surface area contributed by atoms with E-state index in [0.717, 1.165) is 34.8 Å². The molecule has 3 nitrogen and oxygen atoms in total. The zero-order valence-electron chi connectivity index (χ0n) is 12.3. The highest BCUT2D eigenvalue weighted by molar-refractivity contribution is 7.17. The topological polar surface area (TPSA) is 33.2 Å². The monoisotopic (exact) mass is 268 g/mol. The van der Waals surface area contributed by atoms with Crippen molar-refractivity contribution in [1.29, 1.82) is 0 Å². The Labute approximate surface area is 114 Å². The van der Waals surface area contributed by atoms with Gasteiger partial charge in [0.05, 0.1) is 10.6 Å². The number of hydrogen-bond acceptors (Lipinski definition) is 4. The molecule has 1 unspecified atom stereocenters. The van der Waals surface area contributed by atoms with Gasteiger partial charge in [0.15, 0.2) is 11.4 Å². The van der Waals surface area contributed by atoms with Crippen molar-refractivity contribution in [3.8, 4) is 0 Å². The van der Waals surface area contributed by atoms with E-state index in [-0.39, 0.29) is 5.41 Å². The van der Waals surface area contributed by atoms with E-state index in [1.54, 1.807) is 0 Å². The van der Waals surface area contributed by atoms with Gasteiger partial charge in [0.1, 0.15) is 0 Å². The molecule has 0 radical (unpaired) electrons. The van der Waals surface area contributed by atoms with Gasteiger partial charge in [-0.2, -0.15) is 0 Å². The number of nitrogens with zero attached hydrogens (tertiary/aromatic N) is 2. The van der Waals surface area contributed by atoms with Crippen LogP contribution >= 0.6 is 11.3 Å². The fourth-order valence-electron chi connectivity index (χ4n) is 1.89. The zero-order valence-corrected chi connectivity index (χ0v) is 13.1. The Bertz CT molecular complexity index is 406. The van der Waals surface area contributed by atoms with Gasteiger partial charge in [-0.15, -0.1) is 0 Å². The van der Waals surface area contributed by atoms with Gasteiger partial charge in [0.25, 0.3) is 0 Å². The molecule has 0 aromatic carbocycles. The van der Waals surface area contributed by atoms with E-state index < -0.39 is 0 Å². The van der Waals surface area contributed by atoms with Crippen LogP contribution in [0.4, 0.5) is 5.13 Å². The van der Waals surface area contributed by atoms with Crippen molar-refractivity contribution in [3.05, 3.63) is 10.6 Å². The summed E-state index contributed by atoms with van der Waals surface area (Å²) in [4.78, 5) is 18.8. The number of aldehydes is 1. The van der Waals surface area contributed by atoms with E-state index in [0.29, 0.717) is 6.04 Å². The Morgan fingerprint density at radius 3 is 2.44 bits per heavy atom. The van der Waals surface area contributed by atoms with Gasteiger partial charge in [-0.25, -0.2) is 4.98 Å². The summed E-state index contributed by atoms with van der Waals surface area (Å²) in [5.41, 5.74) is 0.827. The molecule has 0 aliphatic carbocycles. The number of anilines is 1. The van der Waals surface area contributed by atoms with Crippen molar-refractivity contribution >= 4 is 22.8 Å². The van der Waals surface area contributed by atoms with E-state index >= 15 is 0 Å². The van der Waals surface area contributed by atoms with Crippen LogP contribution in [0.25, 0.3) is 0 Å². The Kier molecular flexibility index (Phi) is 4.91. The van der Waals surface area contributed by atoms with E-state index in [9.17, 15) is 4.79 Å². The lowest BCUT2D eigenvalue weighted by Gasteiger charge is -2.24. The second-order valence-electron chi connectivity index (χ2n) is 5.83. The van der Waals surface area contributed by atoms with Crippen molar-refractivity contribution in [2.75, 3.05) is 11.9 Å². The average molecular weight is 268 g/mol. The van der Waals surface area contributed by atoms with Crippen LogP contribution in [-0.2, 0) is 5.41 Å². The summed E-state index contributed by atoms with van der Waals surface area (Å²) in [6.07, 6.45) is 3.22. The van der Waals surface area contributed by atoms with E-state index in [1.807, 2.05) is 0 Å². The van der Waals surface area contributed by atoms with Crippen LogP contribution in [0.1, 0.15) is 62.8 Å². The summed E-state index contributed by atoms with van der Waals surface area (Å²) in [7, 11) is 2.06. The van der Waals surface area contributed by atoms with Crippen molar-refractivity contribution in [2.45, 2.75) is 58.9 Å². The van der Waals surface area contributed by atoms with Crippen LogP contribution in [0, 0.1) is 0 Å². The van der Waals surface area contributed by atoms with Gasteiger partial charge in [-0.05, 0) is 13.3 Å². The zero-order chi connectivity index (χ0) is 13.9. The molecule has 0 aliphatic heterocycles. The fourth-order valence-corrected chi connectivity index (χ4v) is 3.04. The molecule has 1 rings (SSSR count). The highest BCUT2D eigenvalue weighted by atomic mass is 32.1. The van der Waals surface area contributed by atoms with Crippen LogP contribution in [0.3, 0.4) is 0 Å². The molecule has 0 fully saturated rings. The summed E-state index contributed by atoms with van der Waals surface area (Å²) < 4.78 is 0. The van der Waals surface area contributed by atoms with Crippen molar-refractivity contribution in [2.24, 2.45) is 0 Å². The Hall–Kier alpha value is -0.900. The van der Waals surface area contributed by atoms with Gasteiger partial charge < -0.3 is 4.90 Å². The molecule has 1 aromatic heterocycles. The van der Waals surface area contributed by atoms with Crippen LogP contribution in [0.15, 0.2) is 0 Å². The summed E-state index contributed by atoms with van der Waals surface area (Å²) in [6.45, 7) is 10.7. The lowest BCUT2D eigenvalue weighted by atomic mass is 9.91. The van der Waals surface area contributed by atoms with Gasteiger partial charge in [-0.3, -0.25) is 4.79 Å². The smallest absolute Gasteiger partial charge is 0.186 e. The molecule has 18 heavy (non-hydrogen) atoms. The second kappa shape index (κ2) is 5.83.